The Morgan fingerprint density at radius 3 is 2.43 bits per heavy atom. The van der Waals surface area contributed by atoms with Gasteiger partial charge in [-0.15, -0.1) is 0 Å². The van der Waals surface area contributed by atoms with E-state index >= 15 is 0 Å². The average Bonchev–Trinajstić information content (AvgIpc) is 2.15. The maximum atomic E-state index is 5.78. The number of nitrogens with zero attached hydrogens (tertiary/aromatic N) is 2. The minimum atomic E-state index is 0.675. The zero-order valence-corrected chi connectivity index (χ0v) is 9.25. The number of allylic oxidation sites excluding steroid dienone is 3. The quantitative estimate of drug-likeness (QED) is 0.535. The van der Waals surface area contributed by atoms with Crippen LogP contribution in [-0.2, 0) is 0 Å². The van der Waals surface area contributed by atoms with Crippen LogP contribution in [0.5, 0.6) is 0 Å². The normalized spacial score (nSPS) is 12.5. The van der Waals surface area contributed by atoms with Crippen molar-refractivity contribution in [3.05, 3.63) is 35.8 Å². The van der Waals surface area contributed by atoms with Crippen LogP contribution >= 0.6 is 0 Å². The molecular weight excluding hydrogens is 174 g/mol. The van der Waals surface area contributed by atoms with Gasteiger partial charge in [-0.25, -0.2) is 0 Å². The predicted molar refractivity (Wildman–Crippen MR) is 63.0 cm³/mol. The summed E-state index contributed by atoms with van der Waals surface area (Å²) in [5.41, 5.74) is 7.71. The topological polar surface area (TPSA) is 41.6 Å². The van der Waals surface area contributed by atoms with Gasteiger partial charge in [0.1, 0.15) is 0 Å². The van der Waals surface area contributed by atoms with Gasteiger partial charge in [-0.2, -0.15) is 0 Å². The van der Waals surface area contributed by atoms with E-state index in [1.807, 2.05) is 32.0 Å². The maximum absolute atomic E-state index is 5.78. The van der Waals surface area contributed by atoms with E-state index in [-0.39, 0.29) is 0 Å². The fourth-order valence-electron chi connectivity index (χ4n) is 0.822. The average molecular weight is 193 g/mol. The molecule has 0 aromatic rings. The van der Waals surface area contributed by atoms with Gasteiger partial charge in [0.05, 0.1) is 5.82 Å². The Labute approximate surface area is 86.3 Å². The van der Waals surface area contributed by atoms with E-state index < -0.39 is 0 Å². The van der Waals surface area contributed by atoms with Crippen molar-refractivity contribution < 1.29 is 0 Å². The minimum absolute atomic E-state index is 0.675. The Morgan fingerprint density at radius 1 is 1.50 bits per heavy atom. The minimum Gasteiger partial charge on any atom is -0.385 e. The van der Waals surface area contributed by atoms with Crippen LogP contribution in [-0.4, -0.2) is 25.7 Å². The van der Waals surface area contributed by atoms with Crippen LogP contribution in [0.25, 0.3) is 0 Å². The summed E-state index contributed by atoms with van der Waals surface area (Å²) in [6.45, 7) is 9.39. The van der Waals surface area contributed by atoms with Gasteiger partial charge in [-0.3, -0.25) is 4.99 Å². The molecule has 78 valence electrons. The van der Waals surface area contributed by atoms with E-state index in [2.05, 4.69) is 18.3 Å². The van der Waals surface area contributed by atoms with Crippen LogP contribution in [0.2, 0.25) is 0 Å². The molecule has 0 saturated carbocycles. The Bertz CT molecular complexity index is 272. The summed E-state index contributed by atoms with van der Waals surface area (Å²) >= 11 is 0. The van der Waals surface area contributed by atoms with E-state index in [4.69, 9.17) is 5.73 Å². The fourth-order valence-corrected chi connectivity index (χ4v) is 0.822. The second-order valence-electron chi connectivity index (χ2n) is 3.19. The van der Waals surface area contributed by atoms with Gasteiger partial charge in [-0.05, 0) is 30.4 Å². The first kappa shape index (κ1) is 12.5. The van der Waals surface area contributed by atoms with E-state index in [1.54, 1.807) is 6.20 Å². The lowest BCUT2D eigenvalue weighted by molar-refractivity contribution is 0.505. The van der Waals surface area contributed by atoms with Gasteiger partial charge >= 0.3 is 0 Å². The summed E-state index contributed by atoms with van der Waals surface area (Å²) in [6.07, 6.45) is 4.39. The molecule has 0 fully saturated rings. The number of aliphatic imine (C=N–C) groups is 1. The molecule has 3 nitrogen and oxygen atoms in total. The molecule has 0 bridgehead atoms. The van der Waals surface area contributed by atoms with Crippen LogP contribution in [0.15, 0.2) is 40.8 Å². The summed E-state index contributed by atoms with van der Waals surface area (Å²) < 4.78 is 0. The molecule has 0 amide bonds. The predicted octanol–water partition coefficient (Wildman–Crippen LogP) is 1.90. The second-order valence-corrected chi connectivity index (χ2v) is 3.19. The number of hydrogen-bond acceptors (Lipinski definition) is 3. The molecule has 14 heavy (non-hydrogen) atoms. The van der Waals surface area contributed by atoms with Crippen molar-refractivity contribution in [1.29, 1.82) is 0 Å². The molecule has 0 aliphatic carbocycles. The third-order valence-electron chi connectivity index (χ3n) is 1.89. The van der Waals surface area contributed by atoms with Crippen molar-refractivity contribution in [3.8, 4) is 0 Å². The van der Waals surface area contributed by atoms with E-state index in [0.29, 0.717) is 5.82 Å². The molecule has 0 aromatic carbocycles. The molecule has 2 N–H and O–H groups in total. The van der Waals surface area contributed by atoms with E-state index in [9.17, 15) is 0 Å². The summed E-state index contributed by atoms with van der Waals surface area (Å²) in [6, 6.07) is 0. The fraction of sp³-hybridized carbons (Fsp3) is 0.364. The van der Waals surface area contributed by atoms with Crippen molar-refractivity contribution in [1.82, 2.24) is 4.90 Å². The highest BCUT2D eigenvalue weighted by Crippen LogP contribution is 2.14. The molecule has 0 spiro atoms. The lowest BCUT2D eigenvalue weighted by Crippen LogP contribution is -2.18. The lowest BCUT2D eigenvalue weighted by atomic mass is 10.1. The third-order valence-corrected chi connectivity index (χ3v) is 1.89. The molecule has 0 heterocycles. The van der Waals surface area contributed by atoms with E-state index in [1.165, 1.54) is 0 Å². The van der Waals surface area contributed by atoms with Gasteiger partial charge in [0.2, 0.25) is 0 Å². The van der Waals surface area contributed by atoms with Gasteiger partial charge in [0, 0.05) is 20.3 Å². The van der Waals surface area contributed by atoms with Gasteiger partial charge < -0.3 is 10.6 Å². The largest absolute Gasteiger partial charge is 0.385 e. The van der Waals surface area contributed by atoms with E-state index in [0.717, 1.165) is 17.6 Å². The standard InChI is InChI=1S/C11H19N3/c1-6-9(2)10(8-13-3)7-11(12)14(4)5/h7-8H,2-3,6,12H2,1,4-5H3/b10-8+,11-7-. The molecule has 0 rings (SSSR count). The number of nitrogens with two attached hydrogens (primary N) is 1. The maximum Gasteiger partial charge on any atom is 0.0987 e. The number of rotatable bonds is 5. The molecule has 0 unspecified atom stereocenters. The molecular formula is C11H19N3. The summed E-state index contributed by atoms with van der Waals surface area (Å²) in [4.78, 5) is 5.56. The zero-order chi connectivity index (χ0) is 11.1. The Hall–Kier alpha value is -1.51. The molecule has 0 aromatic heterocycles. The SMILES string of the molecule is C=N/C=C(\C=C(\N)N(C)C)C(=C)CC. The Morgan fingerprint density at radius 2 is 2.07 bits per heavy atom. The van der Waals surface area contributed by atoms with Crippen LogP contribution in [0.1, 0.15) is 13.3 Å². The first-order valence-corrected chi connectivity index (χ1v) is 4.51. The summed E-state index contributed by atoms with van der Waals surface area (Å²) in [7, 11) is 3.78. The van der Waals surface area contributed by atoms with Crippen LogP contribution in [0, 0.1) is 0 Å². The Balaban J connectivity index is 4.87. The number of hydrogen-bond donors (Lipinski definition) is 1. The van der Waals surface area contributed by atoms with Crippen molar-refractivity contribution in [2.75, 3.05) is 14.1 Å². The molecule has 0 atom stereocenters. The van der Waals surface area contributed by atoms with Crippen LogP contribution in [0.4, 0.5) is 0 Å². The van der Waals surface area contributed by atoms with Crippen LogP contribution < -0.4 is 5.73 Å². The third kappa shape index (κ3) is 3.94. The monoisotopic (exact) mass is 193 g/mol. The summed E-state index contributed by atoms with van der Waals surface area (Å²) in [5, 5.41) is 0. The van der Waals surface area contributed by atoms with Crippen molar-refractivity contribution >= 4 is 6.72 Å². The van der Waals surface area contributed by atoms with Gasteiger partial charge in [0.15, 0.2) is 0 Å². The van der Waals surface area contributed by atoms with Crippen molar-refractivity contribution in [2.24, 2.45) is 10.7 Å². The molecule has 0 aliphatic rings. The molecule has 0 radical (unpaired) electrons. The summed E-state index contributed by atoms with van der Waals surface area (Å²) in [5.74, 6) is 0.675. The second kappa shape index (κ2) is 6.02. The Kier molecular flexibility index (Phi) is 5.37. The van der Waals surface area contributed by atoms with Crippen LogP contribution in [0.3, 0.4) is 0 Å². The zero-order valence-electron chi connectivity index (χ0n) is 9.25. The highest BCUT2D eigenvalue weighted by atomic mass is 15.1. The highest BCUT2D eigenvalue weighted by Gasteiger charge is 1.99. The molecule has 0 saturated heterocycles. The first-order valence-electron chi connectivity index (χ1n) is 4.51. The smallest absolute Gasteiger partial charge is 0.0987 e. The molecule has 0 aliphatic heterocycles. The lowest BCUT2D eigenvalue weighted by Gasteiger charge is -2.13. The van der Waals surface area contributed by atoms with Gasteiger partial charge in [-0.1, -0.05) is 13.5 Å². The highest BCUT2D eigenvalue weighted by molar-refractivity contribution is 5.40. The first-order chi connectivity index (χ1) is 6.52. The van der Waals surface area contributed by atoms with Crippen molar-refractivity contribution in [2.45, 2.75) is 13.3 Å². The molecule has 3 heteroatoms. The van der Waals surface area contributed by atoms with Gasteiger partial charge in [0.25, 0.3) is 0 Å². The van der Waals surface area contributed by atoms with Crippen molar-refractivity contribution in [3.63, 3.8) is 0 Å².